The number of hydrogen-bond donors (Lipinski definition) is 0. The summed E-state index contributed by atoms with van der Waals surface area (Å²) >= 11 is 0. The summed E-state index contributed by atoms with van der Waals surface area (Å²) < 4.78 is 16.8. The summed E-state index contributed by atoms with van der Waals surface area (Å²) in [5.41, 5.74) is 1.15. The monoisotopic (exact) mass is 309 g/mol. The van der Waals surface area contributed by atoms with Gasteiger partial charge < -0.3 is 9.64 Å². The number of aryl methyl sites for hydroxylation is 1. The quantitative estimate of drug-likeness (QED) is 0.807. The van der Waals surface area contributed by atoms with Gasteiger partial charge in [0, 0.05) is 41.8 Å². The maximum absolute atomic E-state index is 12.1. The topological polar surface area (TPSA) is 46.6 Å². The molecule has 0 aliphatic carbocycles. The van der Waals surface area contributed by atoms with Crippen molar-refractivity contribution in [2.24, 2.45) is 0 Å². The van der Waals surface area contributed by atoms with Crippen molar-refractivity contribution >= 4 is 16.7 Å². The van der Waals surface area contributed by atoms with Crippen molar-refractivity contribution in [3.63, 3.8) is 0 Å². The van der Waals surface area contributed by atoms with Gasteiger partial charge in [0.2, 0.25) is 5.91 Å². The second-order valence-corrected chi connectivity index (χ2v) is 6.92. The van der Waals surface area contributed by atoms with Crippen LogP contribution >= 0.6 is 0 Å². The van der Waals surface area contributed by atoms with E-state index in [0.29, 0.717) is 31.0 Å². The Labute approximate surface area is 128 Å². The Morgan fingerprint density at radius 3 is 2.52 bits per heavy atom. The second kappa shape index (κ2) is 8.17. The third kappa shape index (κ3) is 5.16. The molecule has 21 heavy (non-hydrogen) atoms. The van der Waals surface area contributed by atoms with Crippen molar-refractivity contribution in [3.05, 3.63) is 29.8 Å². The number of amides is 1. The molecule has 0 spiro atoms. The van der Waals surface area contributed by atoms with Gasteiger partial charge in [0.1, 0.15) is 5.75 Å². The highest BCUT2D eigenvalue weighted by atomic mass is 32.2. The summed E-state index contributed by atoms with van der Waals surface area (Å²) in [6.45, 7) is 4.08. The lowest BCUT2D eigenvalue weighted by atomic mass is 10.1. The number of ether oxygens (including phenoxy) is 1. The molecular formula is C16H23NO3S. The normalized spacial score (nSPS) is 16.0. The lowest BCUT2D eigenvalue weighted by Gasteiger charge is -2.26. The van der Waals surface area contributed by atoms with Crippen molar-refractivity contribution in [2.75, 3.05) is 31.2 Å². The maximum atomic E-state index is 12.1. The molecule has 5 heteroatoms. The first-order chi connectivity index (χ1) is 10.2. The molecular weight excluding hydrogens is 286 g/mol. The minimum Gasteiger partial charge on any atom is -0.494 e. The zero-order valence-corrected chi connectivity index (χ0v) is 13.4. The Bertz CT molecular complexity index is 477. The molecule has 0 atom stereocenters. The molecule has 1 aliphatic heterocycles. The predicted molar refractivity (Wildman–Crippen MR) is 85.0 cm³/mol. The number of benzene rings is 1. The lowest BCUT2D eigenvalue weighted by Crippen LogP contribution is -2.41. The zero-order chi connectivity index (χ0) is 15.1. The van der Waals surface area contributed by atoms with Crippen LogP contribution in [0, 0.1) is 0 Å². The van der Waals surface area contributed by atoms with Gasteiger partial charge in [0.25, 0.3) is 0 Å². The zero-order valence-electron chi connectivity index (χ0n) is 12.5. The Morgan fingerprint density at radius 2 is 1.90 bits per heavy atom. The third-order valence-electron chi connectivity index (χ3n) is 3.55. The summed E-state index contributed by atoms with van der Waals surface area (Å²) in [6.07, 6.45) is 2.26. The standard InChI is InChI=1S/C16H23NO3S/c1-2-11-20-15-6-3-14(4-7-15)5-8-16(18)17-9-12-21(19)13-10-17/h3-4,6-7H,2,5,8-13H2,1H3. The Hall–Kier alpha value is -1.36. The molecule has 1 heterocycles. The summed E-state index contributed by atoms with van der Waals surface area (Å²) in [7, 11) is -0.731. The second-order valence-electron chi connectivity index (χ2n) is 5.22. The van der Waals surface area contributed by atoms with E-state index in [0.717, 1.165) is 30.8 Å². The van der Waals surface area contributed by atoms with Gasteiger partial charge in [-0.1, -0.05) is 19.1 Å². The van der Waals surface area contributed by atoms with E-state index in [-0.39, 0.29) is 5.91 Å². The molecule has 0 radical (unpaired) electrons. The van der Waals surface area contributed by atoms with E-state index < -0.39 is 10.8 Å². The molecule has 1 saturated heterocycles. The molecule has 1 aliphatic rings. The number of carbonyl (C=O) groups excluding carboxylic acids is 1. The summed E-state index contributed by atoms with van der Waals surface area (Å²) in [4.78, 5) is 13.9. The molecule has 0 unspecified atom stereocenters. The van der Waals surface area contributed by atoms with Crippen LogP contribution in [-0.4, -0.2) is 46.2 Å². The fourth-order valence-corrected chi connectivity index (χ4v) is 3.32. The average Bonchev–Trinajstić information content (AvgIpc) is 2.52. The van der Waals surface area contributed by atoms with Gasteiger partial charge in [0.05, 0.1) is 6.61 Å². The first-order valence-corrected chi connectivity index (χ1v) is 9.02. The Morgan fingerprint density at radius 1 is 1.24 bits per heavy atom. The fourth-order valence-electron chi connectivity index (χ4n) is 2.27. The molecule has 0 bridgehead atoms. The van der Waals surface area contributed by atoms with Crippen LogP contribution in [0.15, 0.2) is 24.3 Å². The van der Waals surface area contributed by atoms with E-state index in [4.69, 9.17) is 4.74 Å². The molecule has 1 aromatic rings. The SMILES string of the molecule is CCCOc1ccc(CCC(=O)N2CCS(=O)CC2)cc1. The van der Waals surface area contributed by atoms with E-state index >= 15 is 0 Å². The molecule has 0 N–H and O–H groups in total. The predicted octanol–water partition coefficient (Wildman–Crippen LogP) is 2.00. The first-order valence-electron chi connectivity index (χ1n) is 7.53. The number of hydrogen-bond acceptors (Lipinski definition) is 3. The maximum Gasteiger partial charge on any atom is 0.222 e. The smallest absolute Gasteiger partial charge is 0.222 e. The van der Waals surface area contributed by atoms with Gasteiger partial charge in [-0.15, -0.1) is 0 Å². The van der Waals surface area contributed by atoms with Gasteiger partial charge in [-0.3, -0.25) is 9.00 Å². The molecule has 1 aromatic carbocycles. The van der Waals surface area contributed by atoms with Crippen molar-refractivity contribution in [2.45, 2.75) is 26.2 Å². The highest BCUT2D eigenvalue weighted by molar-refractivity contribution is 7.85. The fraction of sp³-hybridized carbons (Fsp3) is 0.562. The van der Waals surface area contributed by atoms with Crippen LogP contribution in [0.25, 0.3) is 0 Å². The van der Waals surface area contributed by atoms with Gasteiger partial charge in [-0.25, -0.2) is 0 Å². The van der Waals surface area contributed by atoms with Gasteiger partial charge in [-0.2, -0.15) is 0 Å². The van der Waals surface area contributed by atoms with E-state index in [1.54, 1.807) is 0 Å². The number of nitrogens with zero attached hydrogens (tertiary/aromatic N) is 1. The van der Waals surface area contributed by atoms with E-state index in [2.05, 4.69) is 6.92 Å². The summed E-state index contributed by atoms with van der Waals surface area (Å²) in [6, 6.07) is 7.95. The molecule has 0 aromatic heterocycles. The van der Waals surface area contributed by atoms with Gasteiger partial charge in [0.15, 0.2) is 0 Å². The number of carbonyl (C=O) groups is 1. The molecule has 0 saturated carbocycles. The summed E-state index contributed by atoms with van der Waals surface area (Å²) in [5.74, 6) is 2.29. The largest absolute Gasteiger partial charge is 0.494 e. The minimum absolute atomic E-state index is 0.165. The summed E-state index contributed by atoms with van der Waals surface area (Å²) in [5, 5.41) is 0. The minimum atomic E-state index is -0.731. The van der Waals surface area contributed by atoms with Gasteiger partial charge in [-0.05, 0) is 30.5 Å². The van der Waals surface area contributed by atoms with Crippen molar-refractivity contribution in [3.8, 4) is 5.75 Å². The van der Waals surface area contributed by atoms with Crippen molar-refractivity contribution in [1.29, 1.82) is 0 Å². The van der Waals surface area contributed by atoms with Crippen LogP contribution < -0.4 is 4.74 Å². The highest BCUT2D eigenvalue weighted by Gasteiger charge is 2.19. The van der Waals surface area contributed by atoms with E-state index in [9.17, 15) is 9.00 Å². The van der Waals surface area contributed by atoms with Crippen LogP contribution in [-0.2, 0) is 22.0 Å². The molecule has 4 nitrogen and oxygen atoms in total. The first kappa shape index (κ1) is 16.0. The van der Waals surface area contributed by atoms with Crippen molar-refractivity contribution in [1.82, 2.24) is 4.90 Å². The van der Waals surface area contributed by atoms with E-state index in [1.807, 2.05) is 29.2 Å². The molecule has 116 valence electrons. The van der Waals surface area contributed by atoms with Crippen LogP contribution in [0.1, 0.15) is 25.3 Å². The van der Waals surface area contributed by atoms with Crippen LogP contribution in [0.2, 0.25) is 0 Å². The molecule has 2 rings (SSSR count). The van der Waals surface area contributed by atoms with Crippen LogP contribution in [0.5, 0.6) is 5.75 Å². The average molecular weight is 309 g/mol. The Balaban J connectivity index is 1.77. The van der Waals surface area contributed by atoms with E-state index in [1.165, 1.54) is 0 Å². The van der Waals surface area contributed by atoms with Crippen LogP contribution in [0.3, 0.4) is 0 Å². The van der Waals surface area contributed by atoms with Crippen LogP contribution in [0.4, 0.5) is 0 Å². The highest BCUT2D eigenvalue weighted by Crippen LogP contribution is 2.14. The number of rotatable bonds is 6. The Kier molecular flexibility index (Phi) is 6.23. The molecule has 1 fully saturated rings. The van der Waals surface area contributed by atoms with Crippen molar-refractivity contribution < 1.29 is 13.7 Å². The third-order valence-corrected chi connectivity index (χ3v) is 4.83. The van der Waals surface area contributed by atoms with Gasteiger partial charge >= 0.3 is 0 Å². The lowest BCUT2D eigenvalue weighted by molar-refractivity contribution is -0.130. The molecule has 1 amide bonds.